The number of carboxylic acid groups (broad SMARTS) is 2. The summed E-state index contributed by atoms with van der Waals surface area (Å²) in [5.74, 6) is -2.62. The van der Waals surface area contributed by atoms with E-state index in [1.807, 2.05) is 0 Å². The minimum Gasteiger partial charge on any atom is -0.481 e. The second kappa shape index (κ2) is 48.4. The molecule has 18 nitrogen and oxygen atoms in total. The first-order valence-corrected chi connectivity index (χ1v) is 17.1. The van der Waals surface area contributed by atoms with E-state index in [-0.39, 0.29) is 0 Å². The number of hydrogen-bond acceptors (Lipinski definition) is 16. The summed E-state index contributed by atoms with van der Waals surface area (Å²) in [4.78, 5) is 23.4. The zero-order valence-electron chi connectivity index (χ0n) is 32.2. The van der Waals surface area contributed by atoms with Crippen molar-refractivity contribution >= 4 is 11.9 Å². The summed E-state index contributed by atoms with van der Waals surface area (Å²) in [7, 11) is 10.0. The zero-order chi connectivity index (χ0) is 38.5. The molecule has 0 radical (unpaired) electrons. The highest BCUT2D eigenvalue weighted by Crippen LogP contribution is 1.93. The Morgan fingerprint density at radius 1 is 0.333 bits per heavy atom. The Hall–Kier alpha value is -1.62. The van der Waals surface area contributed by atoms with E-state index < -0.39 is 18.4 Å². The fourth-order valence-corrected chi connectivity index (χ4v) is 3.43. The molecule has 308 valence electrons. The molecule has 0 amide bonds. The van der Waals surface area contributed by atoms with Gasteiger partial charge in [-0.2, -0.15) is 0 Å². The number of carboxylic acids is 2. The van der Waals surface area contributed by atoms with E-state index in [1.54, 1.807) is 42.7 Å². The number of hydrogen-bond donors (Lipinski definition) is 2. The van der Waals surface area contributed by atoms with Crippen molar-refractivity contribution in [3.8, 4) is 0 Å². The van der Waals surface area contributed by atoms with Gasteiger partial charge >= 0.3 is 11.9 Å². The average Bonchev–Trinajstić information content (AvgIpc) is 3.10. The fourth-order valence-electron chi connectivity index (χ4n) is 3.43. The maximum Gasteiger partial charge on any atom is 0.314 e. The number of carbonyl (C=O) groups is 2. The van der Waals surface area contributed by atoms with E-state index in [2.05, 4.69) is 9.80 Å². The highest BCUT2D eigenvalue weighted by atomic mass is 16.5. The Kier molecular flexibility index (Phi) is 51.0. The molecule has 18 heteroatoms. The lowest BCUT2D eigenvalue weighted by atomic mass is 10.4. The standard InChI is InChI=1S/2C15H33NO6.C3H4O4/c2*1-17-10-13-20-7-4-16(5-8-21-14-11-18-2)6-9-22-15-12-19-3;4-2(5)1-3(6)7/h2*4-15H2,1-3H3;1H2,(H,4,5)(H,6,7). The largest absolute Gasteiger partial charge is 0.481 e. The van der Waals surface area contributed by atoms with Gasteiger partial charge in [-0.25, -0.2) is 0 Å². The lowest BCUT2D eigenvalue weighted by Gasteiger charge is -2.22. The molecular formula is C33H70N2O16. The topological polar surface area (TPSA) is 192 Å². The van der Waals surface area contributed by atoms with Gasteiger partial charge in [0, 0.05) is 81.9 Å². The van der Waals surface area contributed by atoms with Gasteiger partial charge < -0.3 is 67.1 Å². The van der Waals surface area contributed by atoms with Crippen LogP contribution >= 0.6 is 0 Å². The van der Waals surface area contributed by atoms with E-state index in [0.717, 1.165) is 39.3 Å². The number of ether oxygens (including phenoxy) is 12. The third kappa shape index (κ3) is 52.8. The van der Waals surface area contributed by atoms with Gasteiger partial charge in [-0.1, -0.05) is 0 Å². The van der Waals surface area contributed by atoms with Crippen LogP contribution in [0.3, 0.4) is 0 Å². The SMILES string of the molecule is COCCOCCN(CCOCCOC)CCOCCOC.COCCOCCN(CCOCCOC)CCOCCOC.O=C(O)CC(=O)O. The molecule has 0 aromatic heterocycles. The fraction of sp³-hybridized carbons (Fsp3) is 0.939. The van der Waals surface area contributed by atoms with Crippen LogP contribution in [0.1, 0.15) is 6.42 Å². The van der Waals surface area contributed by atoms with Crippen LogP contribution in [-0.4, -0.2) is 233 Å². The minimum absolute atomic E-state index is 0.624. The molecule has 0 heterocycles. The maximum absolute atomic E-state index is 9.43. The van der Waals surface area contributed by atoms with Crippen LogP contribution in [0.15, 0.2) is 0 Å². The average molecular weight is 751 g/mol. The van der Waals surface area contributed by atoms with Crippen LogP contribution < -0.4 is 0 Å². The summed E-state index contributed by atoms with van der Waals surface area (Å²) in [6, 6.07) is 0. The van der Waals surface area contributed by atoms with Crippen molar-refractivity contribution in [1.29, 1.82) is 0 Å². The second-order valence-electron chi connectivity index (χ2n) is 10.3. The van der Waals surface area contributed by atoms with Gasteiger partial charge in [-0.05, 0) is 0 Å². The van der Waals surface area contributed by atoms with E-state index in [0.29, 0.717) is 119 Å². The van der Waals surface area contributed by atoms with Gasteiger partial charge in [0.05, 0.1) is 119 Å². The summed E-state index contributed by atoms with van der Waals surface area (Å²) in [5, 5.41) is 15.4. The third-order valence-corrected chi connectivity index (χ3v) is 6.20. The number of rotatable bonds is 38. The van der Waals surface area contributed by atoms with Crippen molar-refractivity contribution in [3.05, 3.63) is 0 Å². The second-order valence-corrected chi connectivity index (χ2v) is 10.3. The Bertz CT molecular complexity index is 564. The highest BCUT2D eigenvalue weighted by Gasteiger charge is 2.07. The first kappa shape index (κ1) is 53.7. The molecule has 0 bridgehead atoms. The Labute approximate surface area is 305 Å². The molecule has 0 saturated carbocycles. The summed E-state index contributed by atoms with van der Waals surface area (Å²) in [6.45, 7) is 16.7. The molecule has 0 aliphatic heterocycles. The zero-order valence-corrected chi connectivity index (χ0v) is 32.2. The number of aliphatic carboxylic acids is 2. The number of nitrogens with zero attached hydrogens (tertiary/aromatic N) is 2. The first-order valence-electron chi connectivity index (χ1n) is 17.1. The van der Waals surface area contributed by atoms with Crippen molar-refractivity contribution in [2.75, 3.05) is 201 Å². The van der Waals surface area contributed by atoms with Crippen LogP contribution in [0.2, 0.25) is 0 Å². The predicted octanol–water partition coefficient (Wildman–Crippen LogP) is 0.101. The van der Waals surface area contributed by atoms with E-state index in [1.165, 1.54) is 0 Å². The first-order chi connectivity index (χ1) is 24.8. The lowest BCUT2D eigenvalue weighted by molar-refractivity contribution is -0.147. The molecule has 51 heavy (non-hydrogen) atoms. The molecule has 0 fully saturated rings. The smallest absolute Gasteiger partial charge is 0.314 e. The molecule has 0 spiro atoms. The Morgan fingerprint density at radius 3 is 0.627 bits per heavy atom. The van der Waals surface area contributed by atoms with Gasteiger partial charge in [0.25, 0.3) is 0 Å². The van der Waals surface area contributed by atoms with E-state index in [9.17, 15) is 9.59 Å². The Balaban J connectivity index is -0.000000761. The summed E-state index contributed by atoms with van der Waals surface area (Å²) >= 11 is 0. The quantitative estimate of drug-likeness (QED) is 0.0637. The van der Waals surface area contributed by atoms with Crippen LogP contribution in [0.25, 0.3) is 0 Å². The highest BCUT2D eigenvalue weighted by molar-refractivity contribution is 5.88. The molecule has 0 unspecified atom stereocenters. The molecule has 0 rings (SSSR count). The van der Waals surface area contributed by atoms with Gasteiger partial charge in [-0.3, -0.25) is 19.4 Å². The normalized spacial score (nSPS) is 11.0. The van der Waals surface area contributed by atoms with Crippen molar-refractivity contribution < 1.29 is 76.6 Å². The molecule has 0 saturated heterocycles. The van der Waals surface area contributed by atoms with Crippen LogP contribution in [0.4, 0.5) is 0 Å². The van der Waals surface area contributed by atoms with Gasteiger partial charge in [-0.15, -0.1) is 0 Å². The predicted molar refractivity (Wildman–Crippen MR) is 189 cm³/mol. The van der Waals surface area contributed by atoms with Crippen molar-refractivity contribution in [2.24, 2.45) is 0 Å². The monoisotopic (exact) mass is 750 g/mol. The molecular weight excluding hydrogens is 680 g/mol. The van der Waals surface area contributed by atoms with Crippen molar-refractivity contribution in [2.45, 2.75) is 6.42 Å². The van der Waals surface area contributed by atoms with Crippen LogP contribution in [-0.2, 0) is 66.4 Å². The molecule has 0 aliphatic carbocycles. The molecule has 0 aliphatic rings. The van der Waals surface area contributed by atoms with Crippen molar-refractivity contribution in [1.82, 2.24) is 9.80 Å². The van der Waals surface area contributed by atoms with Gasteiger partial charge in [0.15, 0.2) is 0 Å². The lowest BCUT2D eigenvalue weighted by Crippen LogP contribution is -2.34. The van der Waals surface area contributed by atoms with Gasteiger partial charge in [0.2, 0.25) is 0 Å². The number of methoxy groups -OCH3 is 6. The summed E-state index contributed by atoms with van der Waals surface area (Å²) in [6.07, 6.45) is -0.806. The molecule has 0 aromatic carbocycles. The van der Waals surface area contributed by atoms with Crippen LogP contribution in [0.5, 0.6) is 0 Å². The molecule has 0 atom stereocenters. The van der Waals surface area contributed by atoms with Crippen molar-refractivity contribution in [3.63, 3.8) is 0 Å². The van der Waals surface area contributed by atoms with E-state index in [4.69, 9.17) is 67.1 Å². The summed E-state index contributed by atoms with van der Waals surface area (Å²) in [5.41, 5.74) is 0. The van der Waals surface area contributed by atoms with Crippen LogP contribution in [0, 0.1) is 0 Å². The van der Waals surface area contributed by atoms with E-state index >= 15 is 0 Å². The Morgan fingerprint density at radius 2 is 0.510 bits per heavy atom. The third-order valence-electron chi connectivity index (χ3n) is 6.20. The molecule has 0 aromatic rings. The summed E-state index contributed by atoms with van der Waals surface area (Å²) < 4.78 is 62.7. The minimum atomic E-state index is -1.31. The maximum atomic E-state index is 9.43. The van der Waals surface area contributed by atoms with Gasteiger partial charge in [0.1, 0.15) is 6.42 Å². The molecule has 2 N–H and O–H groups in total.